The smallest absolute Gasteiger partial charge is 0.192 e. The van der Waals surface area contributed by atoms with Gasteiger partial charge < -0.3 is 28.2 Å². The Morgan fingerprint density at radius 2 is 1.20 bits per heavy atom. The summed E-state index contributed by atoms with van der Waals surface area (Å²) >= 11 is 0. The minimum Gasteiger partial charge on any atom is -0.414 e. The number of hydrogen-bond acceptors (Lipinski definition) is 6. The molecule has 1 aliphatic heterocycles. The monoisotopic (exact) mass is 632 g/mol. The highest BCUT2D eigenvalue weighted by molar-refractivity contribution is 6.75. The van der Waals surface area contributed by atoms with E-state index in [1.807, 2.05) is 0 Å². The lowest BCUT2D eigenvalue weighted by Crippen LogP contribution is -2.63. The average Bonchev–Trinajstić information content (AvgIpc) is 2.75. The van der Waals surface area contributed by atoms with Gasteiger partial charge in [0.05, 0.1) is 18.3 Å². The normalized spacial score (nSPS) is 27.3. The molecule has 244 valence electrons. The Morgan fingerprint density at radius 1 is 0.756 bits per heavy atom. The lowest BCUT2D eigenvalue weighted by atomic mass is 9.87. The summed E-state index contributed by atoms with van der Waals surface area (Å²) in [6.07, 6.45) is 3.36. The zero-order chi connectivity index (χ0) is 32.4. The second-order valence-corrected chi connectivity index (χ2v) is 31.3. The second kappa shape index (κ2) is 14.1. The Labute approximate surface area is 257 Å². The SMILES string of the molecule is C[C@H](/C=C/C[C@H]1C(O)O[C@@H](CCO)[C@H](O[Si](C)(C)C(C)(C)C)[C@@H]1O[Si](C)(C)C(C)(C)C)[C@H](C)O[Si](C)(C)C(C)(C)C. The molecule has 0 aromatic carbocycles. The molecule has 1 rings (SSSR count). The number of aliphatic hydroxyl groups excluding tert-OH is 2. The summed E-state index contributed by atoms with van der Waals surface area (Å²) in [6, 6.07) is 0. The molecule has 0 spiro atoms. The summed E-state index contributed by atoms with van der Waals surface area (Å²) in [5.74, 6) is -0.0548. The van der Waals surface area contributed by atoms with E-state index in [1.165, 1.54) is 0 Å². The van der Waals surface area contributed by atoms with Crippen LogP contribution >= 0.6 is 0 Å². The standard InChI is InChI=1S/C32H68O6Si3/c1-23(24(2)36-39(12,13)30(3,4)5)19-18-20-25-27(37-40(14,15)31(6,7)8)28(26(21-22-33)35-29(25)34)38-41(16,17)32(9,10)11/h18-19,23-29,33-34H,20-22H2,1-17H3/b19-18+/t23-,24+,25-,26+,27-,28+,29?/m1/s1. The van der Waals surface area contributed by atoms with Crippen LogP contribution < -0.4 is 0 Å². The first-order chi connectivity index (χ1) is 18.2. The molecule has 0 aromatic heterocycles. The molecule has 0 radical (unpaired) electrons. The maximum atomic E-state index is 11.4. The predicted molar refractivity (Wildman–Crippen MR) is 181 cm³/mol. The first-order valence-electron chi connectivity index (χ1n) is 15.8. The minimum absolute atomic E-state index is 0.000529. The summed E-state index contributed by atoms with van der Waals surface area (Å²) in [4.78, 5) is 0. The summed E-state index contributed by atoms with van der Waals surface area (Å²) in [6.45, 7) is 38.2. The van der Waals surface area contributed by atoms with Crippen LogP contribution in [0.5, 0.6) is 0 Å². The molecule has 41 heavy (non-hydrogen) atoms. The van der Waals surface area contributed by atoms with Gasteiger partial charge in [-0.15, -0.1) is 0 Å². The van der Waals surface area contributed by atoms with Crippen LogP contribution in [-0.2, 0) is 18.0 Å². The molecule has 0 aliphatic carbocycles. The molecule has 1 fully saturated rings. The van der Waals surface area contributed by atoms with Gasteiger partial charge >= 0.3 is 0 Å². The van der Waals surface area contributed by atoms with Crippen molar-refractivity contribution in [3.63, 3.8) is 0 Å². The van der Waals surface area contributed by atoms with E-state index in [0.717, 1.165) is 0 Å². The third kappa shape index (κ3) is 10.3. The first-order valence-corrected chi connectivity index (χ1v) is 24.6. The van der Waals surface area contributed by atoms with Crippen molar-refractivity contribution in [1.82, 2.24) is 0 Å². The van der Waals surface area contributed by atoms with Crippen LogP contribution in [0, 0.1) is 11.8 Å². The van der Waals surface area contributed by atoms with Crippen LogP contribution in [0.1, 0.15) is 89.0 Å². The fourth-order valence-corrected chi connectivity index (χ4v) is 8.43. The molecule has 0 saturated carbocycles. The van der Waals surface area contributed by atoms with Crippen molar-refractivity contribution in [2.24, 2.45) is 11.8 Å². The number of aliphatic hydroxyl groups is 2. The predicted octanol–water partition coefficient (Wildman–Crippen LogP) is 8.48. The third-order valence-electron chi connectivity index (χ3n) is 10.6. The van der Waals surface area contributed by atoms with E-state index in [9.17, 15) is 10.2 Å². The Bertz CT molecular complexity index is 838. The highest BCUT2D eigenvalue weighted by Crippen LogP contribution is 2.45. The van der Waals surface area contributed by atoms with Crippen molar-refractivity contribution >= 4 is 25.0 Å². The molecule has 0 bridgehead atoms. The zero-order valence-corrected chi connectivity index (χ0v) is 32.8. The van der Waals surface area contributed by atoms with E-state index >= 15 is 0 Å². The summed E-state index contributed by atoms with van der Waals surface area (Å²) in [5.41, 5.74) is 0. The van der Waals surface area contributed by atoms with E-state index in [-0.39, 0.29) is 51.9 Å². The number of hydrogen-bond donors (Lipinski definition) is 2. The maximum absolute atomic E-state index is 11.4. The minimum atomic E-state index is -2.24. The Hall–Kier alpha value is 0.151. The van der Waals surface area contributed by atoms with E-state index in [1.54, 1.807) is 0 Å². The van der Waals surface area contributed by atoms with Crippen LogP contribution in [0.15, 0.2) is 12.2 Å². The van der Waals surface area contributed by atoms with Gasteiger partial charge in [-0.1, -0.05) is 81.4 Å². The van der Waals surface area contributed by atoms with Crippen LogP contribution in [0.3, 0.4) is 0 Å². The van der Waals surface area contributed by atoms with Crippen molar-refractivity contribution in [2.75, 3.05) is 6.61 Å². The highest BCUT2D eigenvalue weighted by atomic mass is 28.4. The van der Waals surface area contributed by atoms with Crippen molar-refractivity contribution in [3.05, 3.63) is 12.2 Å². The van der Waals surface area contributed by atoms with Crippen LogP contribution in [0.4, 0.5) is 0 Å². The van der Waals surface area contributed by atoms with Gasteiger partial charge in [0.25, 0.3) is 0 Å². The van der Waals surface area contributed by atoms with Crippen molar-refractivity contribution in [3.8, 4) is 0 Å². The zero-order valence-electron chi connectivity index (χ0n) is 29.8. The molecular formula is C32H68O6Si3. The van der Waals surface area contributed by atoms with E-state index in [2.05, 4.69) is 128 Å². The Kier molecular flexibility index (Phi) is 13.4. The largest absolute Gasteiger partial charge is 0.414 e. The summed E-state index contributed by atoms with van der Waals surface area (Å²) < 4.78 is 27.1. The van der Waals surface area contributed by atoms with Gasteiger partial charge in [-0.05, 0) is 80.1 Å². The fraction of sp³-hybridized carbons (Fsp3) is 0.938. The third-order valence-corrected chi connectivity index (χ3v) is 24.1. The molecule has 7 atom stereocenters. The van der Waals surface area contributed by atoms with Gasteiger partial charge in [0.15, 0.2) is 31.2 Å². The van der Waals surface area contributed by atoms with Crippen LogP contribution in [0.25, 0.3) is 0 Å². The molecule has 1 heterocycles. The van der Waals surface area contributed by atoms with E-state index in [4.69, 9.17) is 18.0 Å². The molecule has 0 amide bonds. The average molecular weight is 633 g/mol. The van der Waals surface area contributed by atoms with Crippen molar-refractivity contribution < 1.29 is 28.2 Å². The molecule has 9 heteroatoms. The second-order valence-electron chi connectivity index (χ2n) is 17.0. The van der Waals surface area contributed by atoms with Crippen molar-refractivity contribution in [1.29, 1.82) is 0 Å². The van der Waals surface area contributed by atoms with Gasteiger partial charge in [-0.2, -0.15) is 0 Å². The molecular weight excluding hydrogens is 565 g/mol. The van der Waals surface area contributed by atoms with Gasteiger partial charge in [0.1, 0.15) is 0 Å². The fourth-order valence-electron chi connectivity index (χ4n) is 4.27. The molecule has 0 aromatic rings. The number of allylic oxidation sites excluding steroid dienone is 1. The summed E-state index contributed by atoms with van der Waals surface area (Å²) in [7, 11) is -6.33. The lowest BCUT2D eigenvalue weighted by molar-refractivity contribution is -0.259. The first kappa shape index (κ1) is 39.2. The van der Waals surface area contributed by atoms with Gasteiger partial charge in [-0.25, -0.2) is 0 Å². The maximum Gasteiger partial charge on any atom is 0.192 e. The molecule has 2 N–H and O–H groups in total. The lowest BCUT2D eigenvalue weighted by Gasteiger charge is -2.52. The molecule has 6 nitrogen and oxygen atoms in total. The van der Waals surface area contributed by atoms with Gasteiger partial charge in [-0.3, -0.25) is 0 Å². The highest BCUT2D eigenvalue weighted by Gasteiger charge is 2.53. The van der Waals surface area contributed by atoms with Crippen molar-refractivity contribution in [2.45, 2.75) is 174 Å². The Balaban J connectivity index is 3.40. The Morgan fingerprint density at radius 3 is 1.61 bits per heavy atom. The number of rotatable bonds is 12. The molecule has 1 unspecified atom stereocenters. The van der Waals surface area contributed by atoms with Crippen LogP contribution in [0.2, 0.25) is 54.4 Å². The molecule has 1 aliphatic rings. The van der Waals surface area contributed by atoms with E-state index < -0.39 is 37.3 Å². The summed E-state index contributed by atoms with van der Waals surface area (Å²) in [5, 5.41) is 21.4. The van der Waals surface area contributed by atoms with Gasteiger partial charge in [0, 0.05) is 18.6 Å². The van der Waals surface area contributed by atoms with E-state index in [0.29, 0.717) is 12.8 Å². The quantitative estimate of drug-likeness (QED) is 0.166. The molecule has 1 saturated heterocycles. The van der Waals surface area contributed by atoms with Gasteiger partial charge in [0.2, 0.25) is 0 Å². The number of ether oxygens (including phenoxy) is 1. The van der Waals surface area contributed by atoms with Crippen LogP contribution in [-0.4, -0.2) is 72.5 Å². The topological polar surface area (TPSA) is 77.4 Å².